The Balaban J connectivity index is 1.49. The molecule has 1 fully saturated rings. The van der Waals surface area contributed by atoms with Gasteiger partial charge in [-0.05, 0) is 91.1 Å². The maximum absolute atomic E-state index is 14.2. The number of aryl methyl sites for hydroxylation is 2. The van der Waals surface area contributed by atoms with E-state index in [4.69, 9.17) is 4.43 Å². The molecule has 2 aromatic carbocycles. The maximum Gasteiger partial charge on any atom is 0.407 e. The third kappa shape index (κ3) is 7.49. The molecule has 1 saturated carbocycles. The van der Waals surface area contributed by atoms with Crippen molar-refractivity contribution in [3.63, 3.8) is 0 Å². The Labute approximate surface area is 247 Å². The average molecular weight is 577 g/mol. The summed E-state index contributed by atoms with van der Waals surface area (Å²) in [7, 11) is -1.74. The average Bonchev–Trinajstić information content (AvgIpc) is 3.76. The highest BCUT2D eigenvalue weighted by Crippen LogP contribution is 2.37. The molecule has 1 N–H and O–H groups in total. The van der Waals surface area contributed by atoms with E-state index < -0.39 is 20.3 Å². The predicted molar refractivity (Wildman–Crippen MR) is 168 cm³/mol. The number of hydrogen-bond donors (Lipinski definition) is 1. The van der Waals surface area contributed by atoms with E-state index in [0.717, 1.165) is 49.0 Å². The van der Waals surface area contributed by atoms with Gasteiger partial charge in [-0.2, -0.15) is 0 Å². The van der Waals surface area contributed by atoms with Crippen LogP contribution in [-0.4, -0.2) is 61.0 Å². The van der Waals surface area contributed by atoms with Crippen LogP contribution in [0.25, 0.3) is 5.57 Å². The summed E-state index contributed by atoms with van der Waals surface area (Å²) < 4.78 is 6.34. The highest BCUT2D eigenvalue weighted by Gasteiger charge is 2.40. The van der Waals surface area contributed by atoms with Gasteiger partial charge in [0, 0.05) is 32.3 Å². The third-order valence-corrected chi connectivity index (χ3v) is 13.9. The number of benzene rings is 2. The molecular formula is C34H48N2O4Si. The molecule has 4 rings (SSSR count). The molecule has 1 atom stereocenters. The van der Waals surface area contributed by atoms with Crippen LogP contribution in [0.4, 0.5) is 4.79 Å². The summed E-state index contributed by atoms with van der Waals surface area (Å²) in [5.74, 6) is -0.494. The van der Waals surface area contributed by atoms with Crippen LogP contribution < -0.4 is 0 Å². The van der Waals surface area contributed by atoms with Crippen LogP contribution in [0.3, 0.4) is 0 Å². The Bertz CT molecular complexity index is 1270. The van der Waals surface area contributed by atoms with E-state index in [-0.39, 0.29) is 23.5 Å². The first-order valence-electron chi connectivity index (χ1n) is 15.1. The molecule has 1 aliphatic heterocycles. The van der Waals surface area contributed by atoms with Gasteiger partial charge < -0.3 is 19.3 Å². The van der Waals surface area contributed by atoms with Crippen molar-refractivity contribution >= 4 is 25.9 Å². The monoisotopic (exact) mass is 576 g/mol. The Morgan fingerprint density at radius 2 is 1.76 bits per heavy atom. The summed E-state index contributed by atoms with van der Waals surface area (Å²) in [5, 5.41) is 9.96. The largest absolute Gasteiger partial charge is 0.465 e. The van der Waals surface area contributed by atoms with E-state index in [1.807, 2.05) is 17.0 Å². The summed E-state index contributed by atoms with van der Waals surface area (Å²) in [6.45, 7) is 17.4. The van der Waals surface area contributed by atoms with E-state index in [1.165, 1.54) is 21.6 Å². The van der Waals surface area contributed by atoms with Crippen molar-refractivity contribution in [3.8, 4) is 0 Å². The SMILES string of the molecule is Cc1cccc(CN(C(=O)C2CN(C(=O)O)CC=C2c2ccc(CCCO[Si](C)(C)C(C)(C)C)cc2)C2CC2)c1C. The highest BCUT2D eigenvalue weighted by molar-refractivity contribution is 6.74. The van der Waals surface area contributed by atoms with Crippen LogP contribution in [0.2, 0.25) is 18.1 Å². The molecule has 6 nitrogen and oxygen atoms in total. The number of nitrogens with zero attached hydrogens (tertiary/aromatic N) is 2. The minimum Gasteiger partial charge on any atom is -0.465 e. The lowest BCUT2D eigenvalue weighted by Gasteiger charge is -2.36. The van der Waals surface area contributed by atoms with Gasteiger partial charge in [0.25, 0.3) is 0 Å². The summed E-state index contributed by atoms with van der Waals surface area (Å²) in [4.78, 5) is 29.4. The zero-order valence-corrected chi connectivity index (χ0v) is 27.0. The molecule has 0 aromatic heterocycles. The van der Waals surface area contributed by atoms with Crippen LogP contribution in [-0.2, 0) is 22.2 Å². The van der Waals surface area contributed by atoms with Gasteiger partial charge in [0.15, 0.2) is 8.32 Å². The van der Waals surface area contributed by atoms with Crippen molar-refractivity contribution in [2.45, 2.75) is 91.0 Å². The van der Waals surface area contributed by atoms with E-state index in [0.29, 0.717) is 13.1 Å². The fraction of sp³-hybridized carbons (Fsp3) is 0.529. The van der Waals surface area contributed by atoms with Crippen molar-refractivity contribution in [3.05, 3.63) is 76.4 Å². The van der Waals surface area contributed by atoms with Gasteiger partial charge in [-0.3, -0.25) is 4.79 Å². The lowest BCUT2D eigenvalue weighted by molar-refractivity contribution is -0.135. The molecule has 1 heterocycles. The molecule has 0 spiro atoms. The fourth-order valence-electron chi connectivity index (χ4n) is 5.25. The second-order valence-corrected chi connectivity index (χ2v) is 18.2. The molecule has 2 aliphatic rings. The number of carbonyl (C=O) groups excluding carboxylic acids is 1. The van der Waals surface area contributed by atoms with Crippen LogP contribution in [0.5, 0.6) is 0 Å². The third-order valence-electron chi connectivity index (χ3n) is 9.37. The number of carbonyl (C=O) groups is 2. The first-order valence-corrected chi connectivity index (χ1v) is 18.0. The molecule has 7 heteroatoms. The predicted octanol–water partition coefficient (Wildman–Crippen LogP) is 7.44. The van der Waals surface area contributed by atoms with E-state index in [9.17, 15) is 14.7 Å². The Morgan fingerprint density at radius 3 is 2.37 bits per heavy atom. The standard InChI is InChI=1S/C34H48N2O4Si/c1-24-10-8-12-28(25(24)2)22-36(29-17-18-29)32(37)31-23-35(33(38)39)20-19-30(31)27-15-13-26(14-16-27)11-9-21-40-41(6,7)34(3,4)5/h8,10,12-16,19,29,31H,9,11,17-18,20-23H2,1-7H3,(H,38,39). The second-order valence-electron chi connectivity index (χ2n) is 13.4. The number of rotatable bonds is 10. The molecule has 222 valence electrons. The Morgan fingerprint density at radius 1 is 1.07 bits per heavy atom. The number of carboxylic acid groups (broad SMARTS) is 1. The van der Waals surface area contributed by atoms with Crippen molar-refractivity contribution in [2.24, 2.45) is 5.92 Å². The zero-order valence-electron chi connectivity index (χ0n) is 26.0. The summed E-state index contributed by atoms with van der Waals surface area (Å²) in [5.41, 5.74) is 6.76. The van der Waals surface area contributed by atoms with Gasteiger partial charge in [-0.15, -0.1) is 0 Å². The first-order chi connectivity index (χ1) is 19.3. The van der Waals surface area contributed by atoms with Crippen molar-refractivity contribution in [2.75, 3.05) is 19.7 Å². The molecule has 41 heavy (non-hydrogen) atoms. The smallest absolute Gasteiger partial charge is 0.407 e. The topological polar surface area (TPSA) is 70.1 Å². The molecule has 2 amide bonds. The number of hydrogen-bond acceptors (Lipinski definition) is 3. The van der Waals surface area contributed by atoms with Crippen LogP contribution in [0.1, 0.15) is 67.9 Å². The Hall–Kier alpha value is -2.90. The van der Waals surface area contributed by atoms with E-state index in [1.54, 1.807) is 0 Å². The minimum absolute atomic E-state index is 0.0254. The van der Waals surface area contributed by atoms with Crippen LogP contribution in [0, 0.1) is 19.8 Å². The number of amides is 2. The van der Waals surface area contributed by atoms with Crippen molar-refractivity contribution in [1.82, 2.24) is 9.80 Å². The van der Waals surface area contributed by atoms with Gasteiger partial charge in [0.1, 0.15) is 0 Å². The molecule has 0 saturated heterocycles. The minimum atomic E-state index is -1.74. The van der Waals surface area contributed by atoms with Gasteiger partial charge in [-0.25, -0.2) is 4.79 Å². The van der Waals surface area contributed by atoms with Gasteiger partial charge in [0.2, 0.25) is 5.91 Å². The normalized spacial score (nSPS) is 17.8. The van der Waals surface area contributed by atoms with E-state index in [2.05, 4.69) is 84.1 Å². The molecule has 2 aromatic rings. The quantitative estimate of drug-likeness (QED) is 0.236. The van der Waals surface area contributed by atoms with Crippen LogP contribution >= 0.6 is 0 Å². The lowest BCUT2D eigenvalue weighted by Crippen LogP contribution is -2.46. The molecule has 0 bridgehead atoms. The van der Waals surface area contributed by atoms with Gasteiger partial charge in [0.05, 0.1) is 5.92 Å². The summed E-state index contributed by atoms with van der Waals surface area (Å²) in [6.07, 6.45) is 4.86. The van der Waals surface area contributed by atoms with E-state index >= 15 is 0 Å². The first kappa shape index (κ1) is 31.0. The van der Waals surface area contributed by atoms with Crippen molar-refractivity contribution < 1.29 is 19.1 Å². The molecule has 1 aliphatic carbocycles. The molecule has 0 radical (unpaired) electrons. The molecular weight excluding hydrogens is 528 g/mol. The maximum atomic E-state index is 14.2. The lowest BCUT2D eigenvalue weighted by atomic mass is 9.87. The Kier molecular flexibility index (Phi) is 9.49. The second kappa shape index (κ2) is 12.5. The zero-order chi connectivity index (χ0) is 29.9. The van der Waals surface area contributed by atoms with Crippen molar-refractivity contribution in [1.29, 1.82) is 0 Å². The fourth-order valence-corrected chi connectivity index (χ4v) is 6.34. The summed E-state index contributed by atoms with van der Waals surface area (Å²) >= 11 is 0. The molecule has 1 unspecified atom stereocenters. The highest BCUT2D eigenvalue weighted by atomic mass is 28.4. The summed E-state index contributed by atoms with van der Waals surface area (Å²) in [6, 6.07) is 14.9. The van der Waals surface area contributed by atoms with Gasteiger partial charge in [-0.1, -0.05) is 69.3 Å². The van der Waals surface area contributed by atoms with Crippen LogP contribution in [0.15, 0.2) is 48.5 Å². The van der Waals surface area contributed by atoms with Gasteiger partial charge >= 0.3 is 6.09 Å².